The van der Waals surface area contributed by atoms with Crippen molar-refractivity contribution in [3.05, 3.63) is 231 Å². The molecule has 0 amide bonds. The Labute approximate surface area is 338 Å². The number of benzene rings is 10. The van der Waals surface area contributed by atoms with Gasteiger partial charge in [0, 0.05) is 33.5 Å². The van der Waals surface area contributed by atoms with Gasteiger partial charge in [0.1, 0.15) is 0 Å². The predicted molar refractivity (Wildman–Crippen MR) is 247 cm³/mol. The highest BCUT2D eigenvalue weighted by atomic mass is 15.1. The van der Waals surface area contributed by atoms with Gasteiger partial charge in [-0.05, 0) is 116 Å². The zero-order valence-corrected chi connectivity index (χ0v) is 31.8. The SMILES string of the molecule is c1ccc(-c2ccc(-c3c4ccccc4c(-c4cccc(-n5c6ccccc6c6cc(N(c7ccccc7)c7ccccc7)ccc65)c4)c4ccccc34)cc2)cc1. The van der Waals surface area contributed by atoms with Gasteiger partial charge in [-0.25, -0.2) is 0 Å². The van der Waals surface area contributed by atoms with E-state index in [9.17, 15) is 0 Å². The van der Waals surface area contributed by atoms with Crippen molar-refractivity contribution in [3.8, 4) is 39.1 Å². The topological polar surface area (TPSA) is 8.17 Å². The largest absolute Gasteiger partial charge is 0.310 e. The molecule has 0 N–H and O–H groups in total. The summed E-state index contributed by atoms with van der Waals surface area (Å²) in [7, 11) is 0. The van der Waals surface area contributed by atoms with Crippen molar-refractivity contribution in [3.63, 3.8) is 0 Å². The van der Waals surface area contributed by atoms with E-state index in [1.807, 2.05) is 0 Å². The molecule has 272 valence electrons. The smallest absolute Gasteiger partial charge is 0.0542 e. The normalized spacial score (nSPS) is 11.4. The van der Waals surface area contributed by atoms with Crippen molar-refractivity contribution in [2.45, 2.75) is 0 Å². The van der Waals surface area contributed by atoms with Crippen molar-refractivity contribution in [1.82, 2.24) is 4.57 Å². The Balaban J connectivity index is 1.08. The van der Waals surface area contributed by atoms with Crippen LogP contribution in [0.15, 0.2) is 231 Å². The fraction of sp³-hybridized carbons (Fsp3) is 0. The number of aromatic nitrogens is 1. The monoisotopic (exact) mass is 738 g/mol. The van der Waals surface area contributed by atoms with Crippen LogP contribution in [-0.2, 0) is 0 Å². The van der Waals surface area contributed by atoms with Crippen molar-refractivity contribution in [2.75, 3.05) is 4.90 Å². The molecule has 2 nitrogen and oxygen atoms in total. The lowest BCUT2D eigenvalue weighted by Gasteiger charge is -2.25. The lowest BCUT2D eigenvalue weighted by Crippen LogP contribution is -2.09. The standard InChI is InChI=1S/C56H38N2/c1-4-17-39(18-5-1)40-31-33-41(34-32-40)55-48-26-10-12-28-50(48)56(51-29-13-11-27-49(51)55)42-19-16-24-45(37-42)58-53-30-15-14-25-47(53)52-38-46(35-36-54(52)58)57(43-20-6-2-7-21-43)44-22-8-3-9-23-44/h1-38H. The van der Waals surface area contributed by atoms with Crippen LogP contribution in [0, 0.1) is 0 Å². The van der Waals surface area contributed by atoms with Crippen LogP contribution in [0.25, 0.3) is 82.4 Å². The zero-order valence-electron chi connectivity index (χ0n) is 31.8. The molecular formula is C56H38N2. The first kappa shape index (κ1) is 33.6. The first-order chi connectivity index (χ1) is 28.8. The van der Waals surface area contributed by atoms with Gasteiger partial charge in [-0.1, -0.05) is 170 Å². The average molecular weight is 739 g/mol. The minimum Gasteiger partial charge on any atom is -0.310 e. The fourth-order valence-electron chi connectivity index (χ4n) is 8.99. The molecule has 58 heavy (non-hydrogen) atoms. The third kappa shape index (κ3) is 5.66. The maximum Gasteiger partial charge on any atom is 0.0542 e. The number of fused-ring (bicyclic) bond motifs is 5. The molecule has 0 unspecified atom stereocenters. The summed E-state index contributed by atoms with van der Waals surface area (Å²) in [5.41, 5.74) is 14.2. The molecule has 11 aromatic rings. The second-order valence-electron chi connectivity index (χ2n) is 14.9. The van der Waals surface area contributed by atoms with Crippen LogP contribution in [0.4, 0.5) is 17.1 Å². The van der Waals surface area contributed by atoms with Gasteiger partial charge in [-0.15, -0.1) is 0 Å². The van der Waals surface area contributed by atoms with Gasteiger partial charge in [-0.3, -0.25) is 0 Å². The number of rotatable bonds is 7. The van der Waals surface area contributed by atoms with Crippen molar-refractivity contribution >= 4 is 60.4 Å². The first-order valence-electron chi connectivity index (χ1n) is 19.9. The van der Waals surface area contributed by atoms with Crippen molar-refractivity contribution in [1.29, 1.82) is 0 Å². The van der Waals surface area contributed by atoms with Gasteiger partial charge in [-0.2, -0.15) is 0 Å². The minimum atomic E-state index is 1.12. The van der Waals surface area contributed by atoms with Crippen LogP contribution in [0.5, 0.6) is 0 Å². The Kier molecular flexibility index (Phi) is 8.19. The molecule has 1 aromatic heterocycles. The second-order valence-corrected chi connectivity index (χ2v) is 14.9. The Morgan fingerprint density at radius 2 is 0.707 bits per heavy atom. The van der Waals surface area contributed by atoms with Crippen LogP contribution < -0.4 is 4.90 Å². The lowest BCUT2D eigenvalue weighted by molar-refractivity contribution is 1.18. The predicted octanol–water partition coefficient (Wildman–Crippen LogP) is 15.6. The van der Waals surface area contributed by atoms with E-state index in [-0.39, 0.29) is 0 Å². The summed E-state index contributed by atoms with van der Waals surface area (Å²) in [6, 6.07) is 83.6. The highest BCUT2D eigenvalue weighted by Gasteiger charge is 2.20. The van der Waals surface area contributed by atoms with E-state index in [1.54, 1.807) is 0 Å². The molecule has 0 bridgehead atoms. The van der Waals surface area contributed by atoms with E-state index in [0.29, 0.717) is 0 Å². The maximum absolute atomic E-state index is 2.43. The molecule has 0 spiro atoms. The molecule has 0 aliphatic carbocycles. The molecule has 0 aliphatic rings. The van der Waals surface area contributed by atoms with Gasteiger partial charge in [0.05, 0.1) is 11.0 Å². The van der Waals surface area contributed by atoms with Gasteiger partial charge >= 0.3 is 0 Å². The van der Waals surface area contributed by atoms with Gasteiger partial charge in [0.2, 0.25) is 0 Å². The third-order valence-corrected chi connectivity index (χ3v) is 11.5. The molecule has 0 saturated heterocycles. The number of para-hydroxylation sites is 3. The molecule has 10 aromatic carbocycles. The number of hydrogen-bond donors (Lipinski definition) is 0. The highest BCUT2D eigenvalue weighted by molar-refractivity contribution is 6.21. The zero-order chi connectivity index (χ0) is 38.4. The van der Waals surface area contributed by atoms with Crippen LogP contribution in [0.1, 0.15) is 0 Å². The highest BCUT2D eigenvalue weighted by Crippen LogP contribution is 2.45. The second kappa shape index (κ2) is 14.1. The Morgan fingerprint density at radius 1 is 0.259 bits per heavy atom. The summed E-state index contributed by atoms with van der Waals surface area (Å²) in [6.07, 6.45) is 0. The lowest BCUT2D eigenvalue weighted by atomic mass is 9.85. The third-order valence-electron chi connectivity index (χ3n) is 11.5. The van der Waals surface area contributed by atoms with E-state index < -0.39 is 0 Å². The van der Waals surface area contributed by atoms with Crippen molar-refractivity contribution < 1.29 is 0 Å². The molecule has 1 heterocycles. The summed E-state index contributed by atoms with van der Waals surface area (Å²) in [5.74, 6) is 0. The number of hydrogen-bond acceptors (Lipinski definition) is 1. The van der Waals surface area contributed by atoms with Gasteiger partial charge in [0.25, 0.3) is 0 Å². The number of anilines is 3. The van der Waals surface area contributed by atoms with E-state index in [4.69, 9.17) is 0 Å². The minimum absolute atomic E-state index is 1.12. The summed E-state index contributed by atoms with van der Waals surface area (Å²) in [6.45, 7) is 0. The summed E-state index contributed by atoms with van der Waals surface area (Å²) < 4.78 is 2.43. The van der Waals surface area contributed by atoms with Gasteiger partial charge < -0.3 is 9.47 Å². The molecular weight excluding hydrogens is 701 g/mol. The quantitative estimate of drug-likeness (QED) is 0.148. The Morgan fingerprint density at radius 3 is 1.31 bits per heavy atom. The van der Waals surface area contributed by atoms with Crippen LogP contribution in [-0.4, -0.2) is 4.57 Å². The van der Waals surface area contributed by atoms with Crippen LogP contribution in [0.3, 0.4) is 0 Å². The van der Waals surface area contributed by atoms with Gasteiger partial charge in [0.15, 0.2) is 0 Å². The van der Waals surface area contributed by atoms with E-state index in [0.717, 1.165) is 22.7 Å². The molecule has 0 fully saturated rings. The van der Waals surface area contributed by atoms with Crippen molar-refractivity contribution in [2.24, 2.45) is 0 Å². The summed E-state index contributed by atoms with van der Waals surface area (Å²) in [4.78, 5) is 2.34. The molecule has 0 atom stereocenters. The molecule has 2 heteroatoms. The molecule has 0 aliphatic heterocycles. The van der Waals surface area contributed by atoms with Crippen LogP contribution in [0.2, 0.25) is 0 Å². The Bertz CT molecular complexity index is 3160. The van der Waals surface area contributed by atoms with E-state index in [2.05, 4.69) is 240 Å². The van der Waals surface area contributed by atoms with E-state index in [1.165, 1.54) is 76.7 Å². The van der Waals surface area contributed by atoms with E-state index >= 15 is 0 Å². The average Bonchev–Trinajstić information content (AvgIpc) is 3.63. The molecule has 0 saturated carbocycles. The molecule has 0 radical (unpaired) electrons. The Hall–Kier alpha value is -7.68. The maximum atomic E-state index is 2.43. The van der Waals surface area contributed by atoms with Crippen LogP contribution >= 0.6 is 0 Å². The summed E-state index contributed by atoms with van der Waals surface area (Å²) in [5, 5.41) is 7.43. The molecule has 11 rings (SSSR count). The summed E-state index contributed by atoms with van der Waals surface area (Å²) >= 11 is 0. The first-order valence-corrected chi connectivity index (χ1v) is 19.9. The fourth-order valence-corrected chi connectivity index (χ4v) is 8.99. The number of nitrogens with zero attached hydrogens (tertiary/aromatic N) is 2.